The Hall–Kier alpha value is -2.18. The van der Waals surface area contributed by atoms with Crippen molar-refractivity contribution in [3.05, 3.63) is 29.8 Å². The molecule has 146 valence electrons. The molecule has 0 heterocycles. The Morgan fingerprint density at radius 2 is 1.81 bits per heavy atom. The predicted octanol–water partition coefficient (Wildman–Crippen LogP) is 0.747. The number of carbonyl (C=O) groups excluding carboxylic acids is 1. The highest BCUT2D eigenvalue weighted by molar-refractivity contribution is 7.89. The first-order chi connectivity index (χ1) is 12.0. The first-order valence-corrected chi connectivity index (χ1v) is 8.63. The second-order valence-corrected chi connectivity index (χ2v) is 6.87. The van der Waals surface area contributed by atoms with Crippen molar-refractivity contribution in [1.29, 1.82) is 0 Å². The zero-order valence-electron chi connectivity index (χ0n) is 13.5. The summed E-state index contributed by atoms with van der Waals surface area (Å²) in [4.78, 5) is 22.6. The normalized spacial score (nSPS) is 13.2. The van der Waals surface area contributed by atoms with E-state index in [9.17, 15) is 31.2 Å². The molecule has 8 nitrogen and oxygen atoms in total. The maximum Gasteiger partial charge on any atom is 0.391 e. The van der Waals surface area contributed by atoms with Crippen LogP contribution in [0.4, 0.5) is 13.2 Å². The van der Waals surface area contributed by atoms with Crippen molar-refractivity contribution in [1.82, 2.24) is 10.0 Å². The Labute approximate surface area is 147 Å². The van der Waals surface area contributed by atoms with E-state index in [2.05, 4.69) is 4.72 Å². The van der Waals surface area contributed by atoms with Gasteiger partial charge >= 0.3 is 12.1 Å². The predicted molar refractivity (Wildman–Crippen MR) is 83.1 cm³/mol. The number of aliphatic carboxylic acids is 1. The maximum atomic E-state index is 12.3. The molecular weight excluding hydrogens is 381 g/mol. The average molecular weight is 398 g/mol. The number of alkyl halides is 3. The number of nitrogens with one attached hydrogen (secondary N) is 2. The summed E-state index contributed by atoms with van der Waals surface area (Å²) in [7, 11) is -2.45. The zero-order valence-corrected chi connectivity index (χ0v) is 14.4. The third-order valence-corrected chi connectivity index (χ3v) is 4.54. The van der Waals surface area contributed by atoms with E-state index in [0.717, 1.165) is 24.3 Å². The topological polar surface area (TPSA) is 122 Å². The van der Waals surface area contributed by atoms with E-state index in [1.807, 2.05) is 0 Å². The molecule has 0 aliphatic carbocycles. The van der Waals surface area contributed by atoms with Gasteiger partial charge < -0.3 is 15.2 Å². The number of hydrogen-bond acceptors (Lipinski definition) is 5. The molecule has 1 unspecified atom stereocenters. The Morgan fingerprint density at radius 3 is 2.27 bits per heavy atom. The van der Waals surface area contributed by atoms with E-state index in [1.54, 1.807) is 5.32 Å². The van der Waals surface area contributed by atoms with Crippen LogP contribution in [0.3, 0.4) is 0 Å². The SMILES string of the molecule is COCCNS(=O)(=O)c1ccc(C(=O)NC(CC(F)(F)F)C(=O)O)cc1. The van der Waals surface area contributed by atoms with Gasteiger partial charge in [0.15, 0.2) is 0 Å². The van der Waals surface area contributed by atoms with E-state index in [4.69, 9.17) is 9.84 Å². The molecule has 12 heteroatoms. The highest BCUT2D eigenvalue weighted by atomic mass is 32.2. The van der Waals surface area contributed by atoms with Gasteiger partial charge in [-0.05, 0) is 24.3 Å². The molecule has 0 aliphatic heterocycles. The van der Waals surface area contributed by atoms with Crippen molar-refractivity contribution < 1.29 is 41.0 Å². The molecule has 0 saturated carbocycles. The molecule has 1 aromatic carbocycles. The number of rotatable bonds is 9. The van der Waals surface area contributed by atoms with Crippen LogP contribution in [0.15, 0.2) is 29.2 Å². The van der Waals surface area contributed by atoms with Crippen LogP contribution in [0.5, 0.6) is 0 Å². The molecule has 1 rings (SSSR count). The van der Waals surface area contributed by atoms with Crippen LogP contribution in [0.2, 0.25) is 0 Å². The molecule has 1 atom stereocenters. The van der Waals surface area contributed by atoms with E-state index in [-0.39, 0.29) is 23.6 Å². The quantitative estimate of drug-likeness (QED) is 0.528. The lowest BCUT2D eigenvalue weighted by Crippen LogP contribution is -2.43. The van der Waals surface area contributed by atoms with Crippen LogP contribution in [0, 0.1) is 0 Å². The summed E-state index contributed by atoms with van der Waals surface area (Å²) in [5.74, 6) is -2.91. The minimum Gasteiger partial charge on any atom is -0.480 e. The molecule has 1 aromatic rings. The second-order valence-electron chi connectivity index (χ2n) is 5.10. The monoisotopic (exact) mass is 398 g/mol. The third kappa shape index (κ3) is 6.98. The van der Waals surface area contributed by atoms with Crippen LogP contribution in [-0.4, -0.2) is 57.9 Å². The van der Waals surface area contributed by atoms with Crippen molar-refractivity contribution >= 4 is 21.9 Å². The van der Waals surface area contributed by atoms with Gasteiger partial charge in [-0.15, -0.1) is 0 Å². The van der Waals surface area contributed by atoms with Crippen LogP contribution in [0.25, 0.3) is 0 Å². The van der Waals surface area contributed by atoms with Gasteiger partial charge in [0.1, 0.15) is 6.04 Å². The van der Waals surface area contributed by atoms with Gasteiger partial charge in [-0.3, -0.25) is 4.79 Å². The Balaban J connectivity index is 2.84. The van der Waals surface area contributed by atoms with Gasteiger partial charge in [-0.2, -0.15) is 13.2 Å². The molecule has 0 spiro atoms. The summed E-state index contributed by atoms with van der Waals surface area (Å²) in [6.45, 7) is 0.175. The molecule has 1 amide bonds. The molecule has 0 aliphatic rings. The summed E-state index contributed by atoms with van der Waals surface area (Å²) in [5.41, 5.74) is -0.186. The Kier molecular flexibility index (Phi) is 7.54. The first-order valence-electron chi connectivity index (χ1n) is 7.15. The fourth-order valence-electron chi connectivity index (χ4n) is 1.82. The molecule has 0 radical (unpaired) electrons. The van der Waals surface area contributed by atoms with Gasteiger partial charge in [0, 0.05) is 19.2 Å². The van der Waals surface area contributed by atoms with Crippen LogP contribution in [0.1, 0.15) is 16.8 Å². The Bertz CT molecular complexity index is 734. The lowest BCUT2D eigenvalue weighted by atomic mass is 10.1. The van der Waals surface area contributed by atoms with Crippen LogP contribution < -0.4 is 10.0 Å². The lowest BCUT2D eigenvalue weighted by molar-refractivity contribution is -0.157. The van der Waals surface area contributed by atoms with Gasteiger partial charge in [-0.1, -0.05) is 0 Å². The molecule has 3 N–H and O–H groups in total. The average Bonchev–Trinajstić information content (AvgIpc) is 2.53. The summed E-state index contributed by atoms with van der Waals surface area (Å²) < 4.78 is 67.8. The zero-order chi connectivity index (χ0) is 20.0. The van der Waals surface area contributed by atoms with Crippen molar-refractivity contribution in [2.45, 2.75) is 23.5 Å². The standard InChI is InChI=1S/C14H17F3N2O6S/c1-25-7-6-18-26(23,24)10-4-2-9(3-5-10)12(20)19-11(13(21)22)8-14(15,16)17/h2-5,11,18H,6-8H2,1H3,(H,19,20)(H,21,22). The number of carbonyl (C=O) groups is 2. The van der Waals surface area contributed by atoms with Crippen LogP contribution in [-0.2, 0) is 19.6 Å². The minimum absolute atomic E-state index is 0.0266. The number of carboxylic acids is 1. The van der Waals surface area contributed by atoms with Gasteiger partial charge in [0.25, 0.3) is 5.91 Å². The van der Waals surface area contributed by atoms with E-state index in [0.29, 0.717) is 0 Å². The van der Waals surface area contributed by atoms with Crippen LogP contribution >= 0.6 is 0 Å². The number of carboxylic acid groups (broad SMARTS) is 1. The van der Waals surface area contributed by atoms with E-state index < -0.39 is 40.5 Å². The molecule has 0 bridgehead atoms. The van der Waals surface area contributed by atoms with E-state index >= 15 is 0 Å². The molecule has 0 aromatic heterocycles. The summed E-state index contributed by atoms with van der Waals surface area (Å²) >= 11 is 0. The second kappa shape index (κ2) is 8.96. The van der Waals surface area contributed by atoms with Gasteiger partial charge in [-0.25, -0.2) is 17.9 Å². The van der Waals surface area contributed by atoms with Crippen molar-refractivity contribution in [2.24, 2.45) is 0 Å². The summed E-state index contributed by atoms with van der Waals surface area (Å²) in [6, 6.07) is 2.12. The minimum atomic E-state index is -4.78. The fourth-order valence-corrected chi connectivity index (χ4v) is 2.83. The fraction of sp³-hybridized carbons (Fsp3) is 0.429. The number of halogens is 3. The largest absolute Gasteiger partial charge is 0.480 e. The number of hydrogen-bond donors (Lipinski definition) is 3. The van der Waals surface area contributed by atoms with Gasteiger partial charge in [0.2, 0.25) is 10.0 Å². The lowest BCUT2D eigenvalue weighted by Gasteiger charge is -2.16. The third-order valence-electron chi connectivity index (χ3n) is 3.06. The summed E-state index contributed by atoms with van der Waals surface area (Å²) in [5, 5.41) is 10.5. The highest BCUT2D eigenvalue weighted by Crippen LogP contribution is 2.22. The van der Waals surface area contributed by atoms with Crippen molar-refractivity contribution in [3.63, 3.8) is 0 Å². The number of benzene rings is 1. The molecule has 0 saturated heterocycles. The number of methoxy groups -OCH3 is 1. The van der Waals surface area contributed by atoms with Gasteiger partial charge in [0.05, 0.1) is 17.9 Å². The maximum absolute atomic E-state index is 12.3. The number of ether oxygens (including phenoxy) is 1. The molecule has 26 heavy (non-hydrogen) atoms. The summed E-state index contributed by atoms with van der Waals surface area (Å²) in [6.07, 6.45) is -6.51. The van der Waals surface area contributed by atoms with E-state index in [1.165, 1.54) is 7.11 Å². The van der Waals surface area contributed by atoms with Crippen molar-refractivity contribution in [3.8, 4) is 0 Å². The molecular formula is C14H17F3N2O6S. The number of sulfonamides is 1. The first kappa shape index (κ1) is 21.9. The van der Waals surface area contributed by atoms with Crippen molar-refractivity contribution in [2.75, 3.05) is 20.3 Å². The Morgan fingerprint density at radius 1 is 1.23 bits per heavy atom. The highest BCUT2D eigenvalue weighted by Gasteiger charge is 2.36. The smallest absolute Gasteiger partial charge is 0.391 e. The number of amides is 1. The molecule has 0 fully saturated rings.